The quantitative estimate of drug-likeness (QED) is 0.468. The standard InChI is InChI=1S/C34H43NO5/c1-37-27-10-9-25-17-28-32-12-13-34(38-2,26(18-32)21-39-20-24-7-3-22(4-8-24)11-16-36)31-33(32,29(25)30(27)40-31)14-15-35(28)19-23-5-6-23/h3-4,7-10,23,26,28,31,36H,5-6,11-21H2,1-2H3/t26-,28?,31-,32-,33?,34-/m1/s1. The Hall–Kier alpha value is -2.12. The van der Waals surface area contributed by atoms with Crippen LogP contribution in [0.1, 0.15) is 60.8 Å². The average molecular weight is 546 g/mol. The van der Waals surface area contributed by atoms with E-state index >= 15 is 0 Å². The van der Waals surface area contributed by atoms with Crippen molar-refractivity contribution in [2.45, 2.75) is 81.1 Å². The number of methoxy groups -OCH3 is 2. The monoisotopic (exact) mass is 545 g/mol. The lowest BCUT2D eigenvalue weighted by molar-refractivity contribution is -0.283. The molecule has 0 radical (unpaired) electrons. The fourth-order valence-corrected chi connectivity index (χ4v) is 10.1. The van der Waals surface area contributed by atoms with Crippen LogP contribution in [0.4, 0.5) is 0 Å². The van der Waals surface area contributed by atoms with Crippen LogP contribution >= 0.6 is 0 Å². The molecule has 1 saturated heterocycles. The van der Waals surface area contributed by atoms with Crippen molar-refractivity contribution in [1.82, 2.24) is 4.90 Å². The first-order valence-electron chi connectivity index (χ1n) is 15.5. The molecule has 9 rings (SSSR count). The summed E-state index contributed by atoms with van der Waals surface area (Å²) in [4.78, 5) is 2.89. The van der Waals surface area contributed by atoms with Gasteiger partial charge in [-0.25, -0.2) is 0 Å². The molecule has 214 valence electrons. The molecule has 6 heteroatoms. The Labute approximate surface area is 237 Å². The molecule has 7 aliphatic rings. The van der Waals surface area contributed by atoms with Crippen LogP contribution in [0.5, 0.6) is 11.5 Å². The van der Waals surface area contributed by atoms with E-state index < -0.39 is 0 Å². The number of hydrogen-bond donors (Lipinski definition) is 1. The van der Waals surface area contributed by atoms with Gasteiger partial charge in [0.25, 0.3) is 0 Å². The number of aliphatic hydroxyl groups excluding tert-OH is 1. The molecule has 5 fully saturated rings. The van der Waals surface area contributed by atoms with Crippen LogP contribution in [0.2, 0.25) is 0 Å². The van der Waals surface area contributed by atoms with E-state index in [2.05, 4.69) is 41.3 Å². The lowest BCUT2D eigenvalue weighted by atomic mass is 9.35. The van der Waals surface area contributed by atoms with Crippen LogP contribution in [0.15, 0.2) is 36.4 Å². The van der Waals surface area contributed by atoms with E-state index in [0.717, 1.165) is 55.2 Å². The first kappa shape index (κ1) is 25.6. The van der Waals surface area contributed by atoms with Gasteiger partial charge in [0, 0.05) is 48.6 Å². The largest absolute Gasteiger partial charge is 0.493 e. The summed E-state index contributed by atoms with van der Waals surface area (Å²) in [5.74, 6) is 3.04. The molecule has 2 aromatic carbocycles. The molecule has 6 atom stereocenters. The zero-order valence-corrected chi connectivity index (χ0v) is 24.0. The van der Waals surface area contributed by atoms with E-state index in [0.29, 0.717) is 25.7 Å². The van der Waals surface area contributed by atoms with Gasteiger partial charge in [-0.3, -0.25) is 4.90 Å². The summed E-state index contributed by atoms with van der Waals surface area (Å²) >= 11 is 0. The molecule has 2 spiro atoms. The molecule has 0 amide bonds. The maximum atomic E-state index is 9.23. The predicted octanol–water partition coefficient (Wildman–Crippen LogP) is 4.67. The minimum atomic E-state index is -0.366. The van der Waals surface area contributed by atoms with Gasteiger partial charge < -0.3 is 24.1 Å². The third-order valence-corrected chi connectivity index (χ3v) is 12.0. The summed E-state index contributed by atoms with van der Waals surface area (Å²) in [6.45, 7) is 3.87. The molecule has 1 N–H and O–H groups in total. The Morgan fingerprint density at radius 2 is 1.85 bits per heavy atom. The second-order valence-electron chi connectivity index (χ2n) is 13.5. The number of nitrogens with zero attached hydrogens (tertiary/aromatic N) is 1. The zero-order valence-electron chi connectivity index (χ0n) is 24.0. The van der Waals surface area contributed by atoms with Crippen LogP contribution in [0.3, 0.4) is 0 Å². The lowest BCUT2D eigenvalue weighted by Gasteiger charge is -2.74. The van der Waals surface area contributed by atoms with Crippen molar-refractivity contribution in [3.05, 3.63) is 58.7 Å². The number of likely N-dealkylation sites (tertiary alicyclic amines) is 1. The number of fused-ring (bicyclic) bond motifs is 2. The van der Waals surface area contributed by atoms with E-state index in [1.54, 1.807) is 7.11 Å². The summed E-state index contributed by atoms with van der Waals surface area (Å²) < 4.78 is 26.2. The lowest BCUT2D eigenvalue weighted by Crippen LogP contribution is -2.81. The van der Waals surface area contributed by atoms with Gasteiger partial charge in [-0.1, -0.05) is 30.3 Å². The van der Waals surface area contributed by atoms with Gasteiger partial charge >= 0.3 is 0 Å². The average Bonchev–Trinajstić information content (AvgIpc) is 3.72. The normalized spacial score (nSPS) is 36.8. The molecular weight excluding hydrogens is 502 g/mol. The molecule has 2 heterocycles. The van der Waals surface area contributed by atoms with Crippen molar-refractivity contribution in [2.24, 2.45) is 17.3 Å². The molecular formula is C34H43NO5. The Morgan fingerprint density at radius 1 is 1.02 bits per heavy atom. The van der Waals surface area contributed by atoms with Crippen molar-refractivity contribution in [3.63, 3.8) is 0 Å². The van der Waals surface area contributed by atoms with Gasteiger partial charge in [-0.2, -0.15) is 0 Å². The highest BCUT2D eigenvalue weighted by Crippen LogP contribution is 2.76. The first-order chi connectivity index (χ1) is 19.6. The third kappa shape index (κ3) is 3.31. The fourth-order valence-electron chi connectivity index (χ4n) is 10.1. The Bertz CT molecular complexity index is 1290. The smallest absolute Gasteiger partial charge is 0.165 e. The number of piperidine rings is 1. The molecule has 2 unspecified atom stereocenters. The van der Waals surface area contributed by atoms with E-state index in [1.165, 1.54) is 42.5 Å². The number of benzene rings is 2. The SMILES string of the molecule is COc1ccc2c3c1O[C@@H]1C34CCN(CC3CC3)C(C2)[C@]42CC[C@@]1(OC)[C@@H](COCc1ccc(CCO)cc1)C2. The highest BCUT2D eigenvalue weighted by Gasteiger charge is 2.80. The van der Waals surface area contributed by atoms with Crippen molar-refractivity contribution in [2.75, 3.05) is 40.5 Å². The fraction of sp³-hybridized carbons (Fsp3) is 0.647. The summed E-state index contributed by atoms with van der Waals surface area (Å²) in [6.07, 6.45) is 9.11. The first-order valence-corrected chi connectivity index (χ1v) is 15.5. The molecule has 40 heavy (non-hydrogen) atoms. The third-order valence-electron chi connectivity index (χ3n) is 12.0. The summed E-state index contributed by atoms with van der Waals surface area (Å²) in [6, 6.07) is 13.5. The minimum Gasteiger partial charge on any atom is -0.493 e. The summed E-state index contributed by atoms with van der Waals surface area (Å²) in [5, 5.41) is 9.23. The van der Waals surface area contributed by atoms with Gasteiger partial charge in [-0.05, 0) is 86.6 Å². The Kier molecular flexibility index (Phi) is 5.88. The molecule has 2 aliphatic heterocycles. The molecule has 6 nitrogen and oxygen atoms in total. The van der Waals surface area contributed by atoms with E-state index in [-0.39, 0.29) is 35.1 Å². The molecule has 4 saturated carbocycles. The molecule has 5 aliphatic carbocycles. The Balaban J connectivity index is 1.15. The highest BCUT2D eigenvalue weighted by atomic mass is 16.6. The van der Waals surface area contributed by atoms with Crippen molar-refractivity contribution in [1.29, 1.82) is 0 Å². The van der Waals surface area contributed by atoms with Crippen LogP contribution in [-0.4, -0.2) is 68.3 Å². The number of ether oxygens (including phenoxy) is 4. The van der Waals surface area contributed by atoms with E-state index in [9.17, 15) is 5.11 Å². The van der Waals surface area contributed by atoms with Gasteiger partial charge in [0.15, 0.2) is 11.5 Å². The van der Waals surface area contributed by atoms with Crippen LogP contribution < -0.4 is 9.47 Å². The summed E-state index contributed by atoms with van der Waals surface area (Å²) in [7, 11) is 3.68. The number of hydrogen-bond acceptors (Lipinski definition) is 6. The van der Waals surface area contributed by atoms with E-state index in [4.69, 9.17) is 18.9 Å². The summed E-state index contributed by atoms with van der Waals surface area (Å²) in [5.41, 5.74) is 5.07. The zero-order chi connectivity index (χ0) is 27.1. The van der Waals surface area contributed by atoms with Crippen LogP contribution in [0, 0.1) is 17.3 Å². The van der Waals surface area contributed by atoms with Gasteiger partial charge in [0.05, 0.1) is 20.3 Å². The van der Waals surface area contributed by atoms with Crippen LogP contribution in [0.25, 0.3) is 0 Å². The highest BCUT2D eigenvalue weighted by molar-refractivity contribution is 5.63. The Morgan fingerprint density at radius 3 is 2.60 bits per heavy atom. The van der Waals surface area contributed by atoms with Gasteiger partial charge in [0.1, 0.15) is 11.7 Å². The topological polar surface area (TPSA) is 60.4 Å². The second kappa shape index (κ2) is 9.19. The van der Waals surface area contributed by atoms with Crippen molar-refractivity contribution in [3.8, 4) is 11.5 Å². The van der Waals surface area contributed by atoms with Crippen LogP contribution in [-0.2, 0) is 34.3 Å². The second-order valence-corrected chi connectivity index (χ2v) is 13.5. The van der Waals surface area contributed by atoms with Gasteiger partial charge in [0.2, 0.25) is 0 Å². The molecule has 4 bridgehead atoms. The number of aliphatic hydroxyl groups is 1. The predicted molar refractivity (Wildman–Crippen MR) is 152 cm³/mol. The van der Waals surface area contributed by atoms with Crippen molar-refractivity contribution < 1.29 is 24.1 Å². The van der Waals surface area contributed by atoms with Gasteiger partial charge in [-0.15, -0.1) is 0 Å². The van der Waals surface area contributed by atoms with Crippen molar-refractivity contribution >= 4 is 0 Å². The maximum absolute atomic E-state index is 9.23. The molecule has 0 aromatic heterocycles. The van der Waals surface area contributed by atoms with E-state index in [1.807, 2.05) is 7.11 Å². The molecule has 2 aromatic rings. The minimum absolute atomic E-state index is 0.00482. The maximum Gasteiger partial charge on any atom is 0.165 e. The number of rotatable bonds is 10.